The number of nitrogens with zero attached hydrogens (tertiary/aromatic N) is 4. The third-order valence-electron chi connectivity index (χ3n) is 9.65. The number of nitrogens with one attached hydrogen (secondary N) is 2. The number of rotatable bonds is 20. The number of aliphatic hydroxyl groups is 5. The number of phosphoric acid groups is 3. The van der Waals surface area contributed by atoms with Gasteiger partial charge >= 0.3 is 23.5 Å². The molecule has 3 aliphatic rings. The highest BCUT2D eigenvalue weighted by molar-refractivity contribution is 8.13. The van der Waals surface area contributed by atoms with E-state index in [2.05, 4.69) is 34.4 Å². The highest BCUT2D eigenvalue weighted by Gasteiger charge is 2.54. The fourth-order valence-electron chi connectivity index (χ4n) is 6.25. The van der Waals surface area contributed by atoms with Crippen molar-refractivity contribution in [2.75, 3.05) is 44.4 Å². The topological polar surface area (TPSA) is 452 Å². The van der Waals surface area contributed by atoms with Gasteiger partial charge in [-0.15, -0.1) is 0 Å². The van der Waals surface area contributed by atoms with Crippen molar-refractivity contribution >= 4 is 69.1 Å². The van der Waals surface area contributed by atoms with E-state index >= 15 is 0 Å². The second-order valence-electron chi connectivity index (χ2n) is 15.1. The third-order valence-corrected chi connectivity index (χ3v) is 13.8. The monoisotopic (exact) mass is 999 g/mol. The molecule has 13 N–H and O–H groups in total. The van der Waals surface area contributed by atoms with Gasteiger partial charge in [0.1, 0.15) is 60.7 Å². The summed E-state index contributed by atoms with van der Waals surface area (Å²) in [5.74, 6) is -3.46. The van der Waals surface area contributed by atoms with Gasteiger partial charge in [-0.1, -0.05) is 25.6 Å². The predicted molar refractivity (Wildman–Crippen MR) is 209 cm³/mol. The van der Waals surface area contributed by atoms with Crippen molar-refractivity contribution in [3.8, 4) is 0 Å². The number of amides is 2. The van der Waals surface area contributed by atoms with Gasteiger partial charge in [-0.2, -0.15) is 4.31 Å². The van der Waals surface area contributed by atoms with Crippen LogP contribution >= 0.6 is 35.2 Å². The largest absolute Gasteiger partial charge is 0.481 e. The molecule has 3 saturated heterocycles. The maximum atomic E-state index is 12.8. The zero-order valence-corrected chi connectivity index (χ0v) is 37.2. The summed E-state index contributed by atoms with van der Waals surface area (Å²) in [5.41, 5.74) is 4.16. The summed E-state index contributed by atoms with van der Waals surface area (Å²) in [4.78, 5) is 88.9. The van der Waals surface area contributed by atoms with E-state index in [1.165, 1.54) is 20.8 Å². The smallest absolute Gasteiger partial charge is 0.387 e. The number of thioether (sulfide) groups is 1. The summed E-state index contributed by atoms with van der Waals surface area (Å²) in [5, 5.41) is 55.5. The first-order valence-corrected chi connectivity index (χ1v) is 24.2. The SMILES string of the molecule is CC(C)(COP(=O)(O)OP(=O)(O)OCC1OC(n2cnc3c(N)ncnc32)C(O)C1OP(=O)(O)O)C(O)C(=O)NCCC(=O)NCCSC(=O)[C@@]1(C)OC[C@H]2O[C@@H](O)[C@@H](O)[C@@H](O)[C@@H]2O1. The molecule has 3 aliphatic heterocycles. The molecule has 7 unspecified atom stereocenters. The first-order chi connectivity index (χ1) is 29.6. The van der Waals surface area contributed by atoms with Crippen molar-refractivity contribution in [2.45, 2.75) is 94.3 Å². The van der Waals surface area contributed by atoms with E-state index < -0.39 is 126 Å². The normalized spacial score (nSPS) is 31.1. The van der Waals surface area contributed by atoms with Crippen molar-refractivity contribution < 1.29 is 110 Å². The van der Waals surface area contributed by atoms with Crippen LogP contribution in [0.1, 0.15) is 33.4 Å². The minimum Gasteiger partial charge on any atom is -0.387 e. The lowest BCUT2D eigenvalue weighted by Gasteiger charge is -2.47. The van der Waals surface area contributed by atoms with Crippen molar-refractivity contribution in [2.24, 2.45) is 5.41 Å². The Morgan fingerprint density at radius 2 is 1.69 bits per heavy atom. The molecule has 0 bridgehead atoms. The average Bonchev–Trinajstić information content (AvgIpc) is 3.77. The number of carbonyl (C=O) groups excluding carboxylic acids is 3. The highest BCUT2D eigenvalue weighted by Crippen LogP contribution is 2.61. The standard InChI is InChI=1S/C30H48N7O23P3S/c1-29(2,22(42)25(43)33-5-4-15(38)32-6-7-64-28(45)30(3)53-8-13-20(58-30)17(39)18(40)27(44)57-13)10-55-63(51,52)60-62(49,50)54-9-14-21(59-61(46,47)48)19(41)26(56-14)37-12-36-16-23(31)34-11-35-24(16)37/h11-14,17-22,26-27,39-42,44H,4-10H2,1-3H3,(H,32,38)(H,33,43)(H,49,50)(H,51,52)(H2,31,34,35)(H2,46,47,48)/t13-,14?,17-,18+,19?,20-,21?,22?,26?,27-,30+/m1/s1. The van der Waals surface area contributed by atoms with E-state index in [-0.39, 0.29) is 48.9 Å². The molecule has 5 rings (SSSR count). The van der Waals surface area contributed by atoms with Gasteiger partial charge in [-0.25, -0.2) is 28.6 Å². The quantitative estimate of drug-likeness (QED) is 0.0448. The molecule has 64 heavy (non-hydrogen) atoms. The third kappa shape index (κ3) is 13.1. The van der Waals surface area contributed by atoms with Gasteiger partial charge in [0.15, 0.2) is 24.0 Å². The number of carbonyl (C=O) groups is 3. The Kier molecular flexibility index (Phi) is 16.9. The minimum atomic E-state index is -5.62. The summed E-state index contributed by atoms with van der Waals surface area (Å²) in [6, 6.07) is 0. The molecule has 362 valence electrons. The Hall–Kier alpha value is -2.68. The summed E-state index contributed by atoms with van der Waals surface area (Å²) < 4.78 is 78.4. The molecular weight excluding hydrogens is 951 g/mol. The Labute approximate surface area is 365 Å². The number of imidazole rings is 1. The van der Waals surface area contributed by atoms with Gasteiger partial charge in [0.2, 0.25) is 22.7 Å². The molecule has 30 nitrogen and oxygen atoms in total. The summed E-state index contributed by atoms with van der Waals surface area (Å²) in [6.07, 6.45) is -14.3. The number of nitrogen functional groups attached to an aromatic ring is 1. The number of anilines is 1. The second-order valence-corrected chi connectivity index (χ2v) is 20.4. The van der Waals surface area contributed by atoms with Crippen LogP contribution in [0.3, 0.4) is 0 Å². The number of phosphoric ester groups is 3. The maximum absolute atomic E-state index is 12.8. The number of aromatic nitrogens is 4. The van der Waals surface area contributed by atoms with Crippen molar-refractivity contribution in [3.05, 3.63) is 12.7 Å². The molecule has 13 atom stereocenters. The average molecular weight is 1000 g/mol. The van der Waals surface area contributed by atoms with Crippen LogP contribution in [0.2, 0.25) is 0 Å². The zero-order chi connectivity index (χ0) is 47.6. The van der Waals surface area contributed by atoms with E-state index in [1.54, 1.807) is 0 Å². The van der Waals surface area contributed by atoms with Crippen molar-refractivity contribution in [1.82, 2.24) is 30.2 Å². The van der Waals surface area contributed by atoms with Crippen LogP contribution < -0.4 is 16.4 Å². The fourth-order valence-corrected chi connectivity index (χ4v) is 9.83. The zero-order valence-electron chi connectivity index (χ0n) is 33.7. The molecular formula is C30H48N7O23P3S. The predicted octanol–water partition coefficient (Wildman–Crippen LogP) is -3.76. The number of nitrogens with two attached hydrogens (primary N) is 1. The Bertz CT molecular complexity index is 2150. The van der Waals surface area contributed by atoms with Gasteiger partial charge in [0.05, 0.1) is 26.1 Å². The molecule has 2 aromatic rings. The minimum absolute atomic E-state index is 0.0119. The Morgan fingerprint density at radius 1 is 1.00 bits per heavy atom. The van der Waals surface area contributed by atoms with Crippen LogP contribution in [0.15, 0.2) is 12.7 Å². The number of fused-ring (bicyclic) bond motifs is 2. The Balaban J connectivity index is 1.02. The van der Waals surface area contributed by atoms with Crippen LogP contribution in [0.25, 0.3) is 11.2 Å². The second kappa shape index (κ2) is 20.7. The summed E-state index contributed by atoms with van der Waals surface area (Å²) in [6.45, 7) is 1.08. The van der Waals surface area contributed by atoms with Crippen LogP contribution in [-0.4, -0.2) is 181 Å². The molecule has 34 heteroatoms. The number of hydrogen-bond donors (Lipinski definition) is 12. The molecule has 5 heterocycles. The van der Waals surface area contributed by atoms with Crippen molar-refractivity contribution in [3.63, 3.8) is 0 Å². The van der Waals surface area contributed by atoms with E-state index in [1.807, 2.05) is 0 Å². The number of hydrogen-bond acceptors (Lipinski definition) is 24. The first-order valence-electron chi connectivity index (χ1n) is 18.7. The maximum Gasteiger partial charge on any atom is 0.481 e. The molecule has 0 saturated carbocycles. The summed E-state index contributed by atoms with van der Waals surface area (Å²) in [7, 11) is -16.5. The lowest BCUT2D eigenvalue weighted by atomic mass is 9.87. The molecule has 0 spiro atoms. The molecule has 3 fully saturated rings. The molecule has 2 amide bonds. The highest BCUT2D eigenvalue weighted by atomic mass is 32.2. The van der Waals surface area contributed by atoms with E-state index in [0.717, 1.165) is 29.0 Å². The fraction of sp³-hybridized carbons (Fsp3) is 0.733. The Morgan fingerprint density at radius 3 is 2.38 bits per heavy atom. The van der Waals surface area contributed by atoms with Gasteiger partial charge in [-0.05, 0) is 6.92 Å². The lowest BCUT2D eigenvalue weighted by molar-refractivity contribution is -0.368. The first kappa shape index (κ1) is 52.3. The van der Waals surface area contributed by atoms with Crippen LogP contribution in [-0.2, 0) is 64.9 Å². The van der Waals surface area contributed by atoms with Crippen molar-refractivity contribution in [1.29, 1.82) is 0 Å². The number of aliphatic hydroxyl groups excluding tert-OH is 5. The molecule has 0 radical (unpaired) electrons. The summed E-state index contributed by atoms with van der Waals surface area (Å²) >= 11 is 0.733. The van der Waals surface area contributed by atoms with E-state index in [4.69, 9.17) is 33.7 Å². The van der Waals surface area contributed by atoms with Crippen LogP contribution in [0, 0.1) is 5.41 Å². The van der Waals surface area contributed by atoms with Crippen LogP contribution in [0.4, 0.5) is 5.82 Å². The van der Waals surface area contributed by atoms with E-state index in [9.17, 15) is 73.2 Å². The lowest BCUT2D eigenvalue weighted by Crippen LogP contribution is -2.65. The molecule has 0 aromatic carbocycles. The van der Waals surface area contributed by atoms with Gasteiger partial charge in [-0.3, -0.25) is 32.5 Å². The van der Waals surface area contributed by atoms with Gasteiger partial charge in [0.25, 0.3) is 0 Å². The van der Waals surface area contributed by atoms with Gasteiger partial charge in [0, 0.05) is 30.7 Å². The molecule has 0 aliphatic carbocycles. The van der Waals surface area contributed by atoms with Gasteiger partial charge < -0.3 is 80.4 Å². The molecule has 2 aromatic heterocycles. The number of ether oxygens (including phenoxy) is 4. The van der Waals surface area contributed by atoms with E-state index in [0.29, 0.717) is 0 Å². The van der Waals surface area contributed by atoms with Crippen LogP contribution in [0.5, 0.6) is 0 Å².